The van der Waals surface area contributed by atoms with Gasteiger partial charge in [-0.2, -0.15) is 4.79 Å². The average molecular weight is 235 g/mol. The highest BCUT2D eigenvalue weighted by molar-refractivity contribution is 5.60. The number of amides is 1. The van der Waals surface area contributed by atoms with Crippen LogP contribution in [0.25, 0.3) is 0 Å². The van der Waals surface area contributed by atoms with Gasteiger partial charge < -0.3 is 9.94 Å². The molecule has 1 aromatic carbocycles. The first-order chi connectivity index (χ1) is 8.21. The number of nitrogens with zero attached hydrogens (tertiary/aromatic N) is 1. The van der Waals surface area contributed by atoms with Crippen molar-refractivity contribution in [3.8, 4) is 0 Å². The average Bonchev–Trinajstić information content (AvgIpc) is 2.38. The maximum absolute atomic E-state index is 12.1. The topological polar surface area (TPSA) is 49.4 Å². The Balaban J connectivity index is 1.88. The number of likely N-dealkylation sites (tertiary alicyclic amines) is 1. The number of hydroxylamine groups is 3. The number of carbonyl (C=O) groups is 1. The molecule has 1 saturated heterocycles. The van der Waals surface area contributed by atoms with Crippen molar-refractivity contribution in [1.29, 1.82) is 0 Å². The van der Waals surface area contributed by atoms with Crippen LogP contribution >= 0.6 is 0 Å². The summed E-state index contributed by atoms with van der Waals surface area (Å²) < 4.78 is 4.28. The van der Waals surface area contributed by atoms with Crippen molar-refractivity contribution in [2.75, 3.05) is 13.1 Å². The third kappa shape index (κ3) is 3.05. The van der Waals surface area contributed by atoms with Crippen LogP contribution in [0.15, 0.2) is 30.3 Å². The summed E-state index contributed by atoms with van der Waals surface area (Å²) >= 11 is 0. The van der Waals surface area contributed by atoms with Crippen LogP contribution in [0.2, 0.25) is 0 Å². The minimum absolute atomic E-state index is 0.182. The third-order valence-corrected chi connectivity index (χ3v) is 3.08. The maximum Gasteiger partial charge on any atom is 0.516 e. The van der Waals surface area contributed by atoms with Crippen LogP contribution in [-0.2, 0) is 11.3 Å². The van der Waals surface area contributed by atoms with E-state index in [0.29, 0.717) is 13.1 Å². The Morgan fingerprint density at radius 3 is 2.47 bits per heavy atom. The second-order valence-electron chi connectivity index (χ2n) is 4.44. The van der Waals surface area contributed by atoms with E-state index >= 15 is 0 Å². The quantitative estimate of drug-likeness (QED) is 0.585. The molecule has 1 amide bonds. The standard InChI is InChI=1S/C13H17NO3/c15-13(14(16)9-5-2-6-10-14)17-11-12-7-3-1-4-8-12/h1,3-4,7-8H,2,5-6,9-11H2. The van der Waals surface area contributed by atoms with Gasteiger partial charge in [0.1, 0.15) is 6.61 Å². The van der Waals surface area contributed by atoms with E-state index in [1.165, 1.54) is 0 Å². The first-order valence-electron chi connectivity index (χ1n) is 6.00. The Bertz CT molecular complexity index is 372. The van der Waals surface area contributed by atoms with Crippen molar-refractivity contribution in [2.45, 2.75) is 25.9 Å². The van der Waals surface area contributed by atoms with Gasteiger partial charge in [0, 0.05) is 0 Å². The highest BCUT2D eigenvalue weighted by Crippen LogP contribution is 2.19. The fourth-order valence-corrected chi connectivity index (χ4v) is 2.04. The number of piperidine rings is 1. The molecule has 0 saturated carbocycles. The van der Waals surface area contributed by atoms with Crippen molar-refractivity contribution in [2.24, 2.45) is 0 Å². The molecule has 4 heteroatoms. The zero-order valence-electron chi connectivity index (χ0n) is 9.80. The molecular formula is C13H17NO3. The van der Waals surface area contributed by atoms with Gasteiger partial charge in [-0.05, 0) is 24.8 Å². The van der Waals surface area contributed by atoms with Crippen molar-refractivity contribution < 1.29 is 14.2 Å². The fraction of sp³-hybridized carbons (Fsp3) is 0.462. The van der Waals surface area contributed by atoms with Crippen molar-refractivity contribution in [3.05, 3.63) is 41.1 Å². The van der Waals surface area contributed by atoms with Crippen LogP contribution in [0.5, 0.6) is 0 Å². The Kier molecular flexibility index (Phi) is 3.76. The highest BCUT2D eigenvalue weighted by Gasteiger charge is 2.31. The lowest BCUT2D eigenvalue weighted by Crippen LogP contribution is -2.51. The molecule has 1 aromatic rings. The van der Waals surface area contributed by atoms with Gasteiger partial charge in [0.15, 0.2) is 0 Å². The molecule has 0 atom stereocenters. The Morgan fingerprint density at radius 1 is 1.18 bits per heavy atom. The predicted molar refractivity (Wildman–Crippen MR) is 63.8 cm³/mol. The summed E-state index contributed by atoms with van der Waals surface area (Å²) in [5, 5.41) is 12.1. The van der Waals surface area contributed by atoms with E-state index in [-0.39, 0.29) is 6.61 Å². The molecule has 17 heavy (non-hydrogen) atoms. The lowest BCUT2D eigenvalue weighted by molar-refractivity contribution is -0.813. The summed E-state index contributed by atoms with van der Waals surface area (Å²) in [6, 6.07) is 9.41. The van der Waals surface area contributed by atoms with Crippen LogP contribution in [0.4, 0.5) is 4.79 Å². The molecule has 2 rings (SSSR count). The molecule has 0 N–H and O–H groups in total. The molecule has 0 radical (unpaired) electrons. The van der Waals surface area contributed by atoms with Gasteiger partial charge in [-0.25, -0.2) is 0 Å². The number of hydrogen-bond acceptors (Lipinski definition) is 3. The molecule has 1 heterocycles. The van der Waals surface area contributed by atoms with Gasteiger partial charge in [-0.1, -0.05) is 30.3 Å². The first-order valence-corrected chi connectivity index (χ1v) is 6.00. The van der Waals surface area contributed by atoms with Gasteiger partial charge in [-0.15, -0.1) is 0 Å². The number of hydrogen-bond donors (Lipinski definition) is 0. The highest BCUT2D eigenvalue weighted by atomic mass is 16.7. The number of benzene rings is 1. The Hall–Kier alpha value is -1.39. The molecule has 0 unspecified atom stereocenters. The van der Waals surface area contributed by atoms with E-state index < -0.39 is 10.7 Å². The number of quaternary nitrogens is 1. The van der Waals surface area contributed by atoms with E-state index in [2.05, 4.69) is 0 Å². The molecule has 0 spiro atoms. The zero-order chi connectivity index (χ0) is 12.1. The molecule has 4 nitrogen and oxygen atoms in total. The monoisotopic (exact) mass is 235 g/mol. The van der Waals surface area contributed by atoms with Crippen LogP contribution in [0.3, 0.4) is 0 Å². The van der Waals surface area contributed by atoms with Gasteiger partial charge in [0.25, 0.3) is 0 Å². The second-order valence-corrected chi connectivity index (χ2v) is 4.44. The first kappa shape index (κ1) is 12.1. The SMILES string of the molecule is O=C(OCc1ccccc1)[N+]1([O-])CCCCC1. The largest absolute Gasteiger partial charge is 0.622 e. The summed E-state index contributed by atoms with van der Waals surface area (Å²) in [6.07, 6.45) is 2.01. The van der Waals surface area contributed by atoms with Gasteiger partial charge in [0.05, 0.1) is 13.1 Å². The molecule has 0 aliphatic carbocycles. The molecule has 1 fully saturated rings. The third-order valence-electron chi connectivity index (χ3n) is 3.08. The van der Waals surface area contributed by atoms with E-state index in [0.717, 1.165) is 24.8 Å². The van der Waals surface area contributed by atoms with Crippen LogP contribution in [-0.4, -0.2) is 23.8 Å². The summed E-state index contributed by atoms with van der Waals surface area (Å²) in [7, 11) is 0. The Morgan fingerprint density at radius 2 is 1.82 bits per heavy atom. The van der Waals surface area contributed by atoms with E-state index in [1.54, 1.807) is 0 Å². The maximum atomic E-state index is 12.1. The van der Waals surface area contributed by atoms with Gasteiger partial charge in [0.2, 0.25) is 0 Å². The predicted octanol–water partition coefficient (Wildman–Crippen LogP) is 2.82. The van der Waals surface area contributed by atoms with E-state index in [1.807, 2.05) is 30.3 Å². The summed E-state index contributed by atoms with van der Waals surface area (Å²) in [5.74, 6) is 0. The van der Waals surface area contributed by atoms with Crippen molar-refractivity contribution in [1.82, 2.24) is 0 Å². The van der Waals surface area contributed by atoms with E-state index in [4.69, 9.17) is 4.74 Å². The molecule has 1 aliphatic rings. The molecule has 92 valence electrons. The molecular weight excluding hydrogens is 218 g/mol. The van der Waals surface area contributed by atoms with Gasteiger partial charge in [-0.3, -0.25) is 4.65 Å². The molecule has 0 aromatic heterocycles. The Labute approximate surface area is 101 Å². The normalized spacial score (nSPS) is 18.6. The minimum atomic E-state index is -0.813. The lowest BCUT2D eigenvalue weighted by Gasteiger charge is -2.40. The van der Waals surface area contributed by atoms with Gasteiger partial charge >= 0.3 is 6.09 Å². The lowest BCUT2D eigenvalue weighted by atomic mass is 10.1. The summed E-state index contributed by atoms with van der Waals surface area (Å²) in [4.78, 5) is 11.7. The van der Waals surface area contributed by atoms with Crippen LogP contribution in [0.1, 0.15) is 24.8 Å². The minimum Gasteiger partial charge on any atom is -0.622 e. The number of ether oxygens (including phenoxy) is 1. The summed E-state index contributed by atoms with van der Waals surface area (Å²) in [5.41, 5.74) is 0.907. The van der Waals surface area contributed by atoms with Crippen LogP contribution < -0.4 is 0 Å². The smallest absolute Gasteiger partial charge is 0.516 e. The van der Waals surface area contributed by atoms with Crippen LogP contribution in [0, 0.1) is 5.21 Å². The number of rotatable bonds is 2. The summed E-state index contributed by atoms with van der Waals surface area (Å²) in [6.45, 7) is 0.892. The molecule has 1 aliphatic heterocycles. The number of carbonyl (C=O) groups excluding carboxylic acids is 1. The zero-order valence-corrected chi connectivity index (χ0v) is 9.80. The second kappa shape index (κ2) is 5.29. The van der Waals surface area contributed by atoms with E-state index in [9.17, 15) is 10.0 Å². The van der Waals surface area contributed by atoms with Crippen molar-refractivity contribution in [3.63, 3.8) is 0 Å². The van der Waals surface area contributed by atoms with Crippen molar-refractivity contribution >= 4 is 6.09 Å². The molecule has 0 bridgehead atoms. The fourth-order valence-electron chi connectivity index (χ4n) is 2.04.